The monoisotopic (exact) mass is 548 g/mol. The maximum Gasteiger partial charge on any atom is 0.335 e. The van der Waals surface area contributed by atoms with Gasteiger partial charge in [-0.3, -0.25) is 0 Å². The number of benzene rings is 6. The maximum absolute atomic E-state index is 10.6. The largest absolute Gasteiger partial charge is 0.478 e. The second-order valence-corrected chi connectivity index (χ2v) is 10.8. The van der Waals surface area contributed by atoms with Crippen molar-refractivity contribution in [2.24, 2.45) is 0 Å². The van der Waals surface area contributed by atoms with Gasteiger partial charge in [-0.05, 0) is 92.5 Å². The normalized spacial score (nSPS) is 14.6. The van der Waals surface area contributed by atoms with E-state index in [0.717, 1.165) is 23.6 Å². The molecule has 0 saturated heterocycles. The van der Waals surface area contributed by atoms with Gasteiger partial charge in [0.15, 0.2) is 0 Å². The number of hydrogen-bond acceptors (Lipinski definition) is 1. The van der Waals surface area contributed by atoms with E-state index in [9.17, 15) is 4.79 Å². The third-order valence-electron chi connectivity index (χ3n) is 7.69. The molecule has 39 heavy (non-hydrogen) atoms. The van der Waals surface area contributed by atoms with Gasteiger partial charge in [-0.15, -0.1) is 0 Å². The highest BCUT2D eigenvalue weighted by atomic mass is 35.5. The fraction of sp³-hybridized carbons (Fsp3) is 0.114. The number of fused-ring (bicyclic) bond motifs is 6. The first-order valence-electron chi connectivity index (χ1n) is 13.1. The van der Waals surface area contributed by atoms with Crippen LogP contribution in [-0.4, -0.2) is 11.1 Å². The van der Waals surface area contributed by atoms with E-state index in [2.05, 4.69) is 54.6 Å². The summed E-state index contributed by atoms with van der Waals surface area (Å²) in [6.45, 7) is 0. The van der Waals surface area contributed by atoms with Crippen LogP contribution in [0.15, 0.2) is 109 Å². The van der Waals surface area contributed by atoms with E-state index in [4.69, 9.17) is 28.3 Å². The van der Waals surface area contributed by atoms with Crippen LogP contribution >= 0.6 is 23.2 Å². The molecule has 7 rings (SSSR count). The first-order chi connectivity index (χ1) is 19.0. The summed E-state index contributed by atoms with van der Waals surface area (Å²) in [6.07, 6.45) is 3.50. The Labute approximate surface area is 237 Å². The molecule has 4 heteroatoms. The van der Waals surface area contributed by atoms with Gasteiger partial charge in [0.05, 0.1) is 15.6 Å². The van der Waals surface area contributed by atoms with Crippen molar-refractivity contribution in [1.29, 1.82) is 0 Å². The molecule has 6 aromatic rings. The van der Waals surface area contributed by atoms with Gasteiger partial charge < -0.3 is 5.11 Å². The van der Waals surface area contributed by atoms with Gasteiger partial charge in [0, 0.05) is 5.92 Å². The number of halogens is 2. The average Bonchev–Trinajstić information content (AvgIpc) is 2.98. The molecule has 0 radical (unpaired) electrons. The Kier molecular flexibility index (Phi) is 6.99. The van der Waals surface area contributed by atoms with Crippen molar-refractivity contribution in [3.8, 4) is 0 Å². The summed E-state index contributed by atoms with van der Waals surface area (Å²) in [5.74, 6) is -0.510. The molecule has 0 saturated carbocycles. The number of carboxylic acid groups (broad SMARTS) is 1. The number of rotatable bonds is 2. The van der Waals surface area contributed by atoms with Crippen molar-refractivity contribution in [1.82, 2.24) is 0 Å². The molecule has 0 aliphatic heterocycles. The highest BCUT2D eigenvalue weighted by Gasteiger charge is 2.25. The van der Waals surface area contributed by atoms with Gasteiger partial charge in [0.1, 0.15) is 0 Å². The van der Waals surface area contributed by atoms with Crippen LogP contribution in [0.5, 0.6) is 0 Å². The zero-order valence-corrected chi connectivity index (χ0v) is 22.7. The van der Waals surface area contributed by atoms with Crippen LogP contribution < -0.4 is 0 Å². The molecular formula is C35H26Cl2O2. The third-order valence-corrected chi connectivity index (χ3v) is 8.43. The van der Waals surface area contributed by atoms with Crippen LogP contribution in [0.25, 0.3) is 32.3 Å². The van der Waals surface area contributed by atoms with Crippen LogP contribution in [0.3, 0.4) is 0 Å². The average molecular weight is 549 g/mol. The van der Waals surface area contributed by atoms with Crippen LogP contribution in [-0.2, 0) is 6.42 Å². The van der Waals surface area contributed by atoms with Gasteiger partial charge in [0.2, 0.25) is 0 Å². The molecule has 0 fully saturated rings. The molecule has 1 atom stereocenters. The third kappa shape index (κ3) is 4.98. The second kappa shape index (κ2) is 10.7. The molecule has 0 bridgehead atoms. The Bertz CT molecular complexity index is 1860. The number of aryl methyl sites for hydroxylation is 1. The topological polar surface area (TPSA) is 37.3 Å². The van der Waals surface area contributed by atoms with Gasteiger partial charge in [0.25, 0.3) is 0 Å². The van der Waals surface area contributed by atoms with Crippen LogP contribution in [0, 0.1) is 0 Å². The van der Waals surface area contributed by atoms with Crippen LogP contribution in [0.1, 0.15) is 45.8 Å². The van der Waals surface area contributed by atoms with Crippen LogP contribution in [0.4, 0.5) is 0 Å². The minimum absolute atomic E-state index is 0.332. The van der Waals surface area contributed by atoms with E-state index in [1.54, 1.807) is 12.1 Å². The molecule has 1 aliphatic carbocycles. The fourth-order valence-electron chi connectivity index (χ4n) is 5.81. The standard InChI is InChI=1S/C24H18Cl2.C11H8O2/c25-22-13-10-17(14-23(22)26)19-7-3-5-16-9-11-20-18-6-2-1-4-15(18)8-12-21(20)24(16)19;12-11(13)10-6-5-8-3-1-2-4-9(8)7-10/h1-2,4,6,8-14,19H,3,5,7H2;1-7H,(H,12,13). The summed E-state index contributed by atoms with van der Waals surface area (Å²) >= 11 is 12.5. The Hall–Kier alpha value is -3.85. The lowest BCUT2D eigenvalue weighted by atomic mass is 9.76. The fourth-order valence-corrected chi connectivity index (χ4v) is 6.12. The summed E-state index contributed by atoms with van der Waals surface area (Å²) < 4.78 is 0. The first-order valence-corrected chi connectivity index (χ1v) is 13.9. The highest BCUT2D eigenvalue weighted by Crippen LogP contribution is 2.43. The highest BCUT2D eigenvalue weighted by molar-refractivity contribution is 6.42. The van der Waals surface area contributed by atoms with Crippen molar-refractivity contribution in [2.45, 2.75) is 25.2 Å². The van der Waals surface area contributed by atoms with E-state index in [0.29, 0.717) is 21.5 Å². The smallest absolute Gasteiger partial charge is 0.335 e. The van der Waals surface area contributed by atoms with Gasteiger partial charge in [-0.25, -0.2) is 4.79 Å². The van der Waals surface area contributed by atoms with E-state index < -0.39 is 5.97 Å². The van der Waals surface area contributed by atoms with Crippen molar-refractivity contribution < 1.29 is 9.90 Å². The molecule has 6 aromatic carbocycles. The molecule has 192 valence electrons. The van der Waals surface area contributed by atoms with Crippen molar-refractivity contribution in [3.63, 3.8) is 0 Å². The molecule has 0 amide bonds. The van der Waals surface area contributed by atoms with Crippen molar-refractivity contribution in [2.75, 3.05) is 0 Å². The first kappa shape index (κ1) is 25.4. The molecule has 0 heterocycles. The predicted molar refractivity (Wildman–Crippen MR) is 164 cm³/mol. The summed E-state index contributed by atoms with van der Waals surface area (Å²) in [6, 6.07) is 36.7. The molecule has 1 N–H and O–H groups in total. The van der Waals surface area contributed by atoms with E-state index in [-0.39, 0.29) is 0 Å². The van der Waals surface area contributed by atoms with E-state index >= 15 is 0 Å². The molecule has 2 nitrogen and oxygen atoms in total. The van der Waals surface area contributed by atoms with Crippen molar-refractivity contribution >= 4 is 61.5 Å². The summed E-state index contributed by atoms with van der Waals surface area (Å²) in [4.78, 5) is 10.6. The predicted octanol–water partition coefficient (Wildman–Crippen LogP) is 10.3. The molecule has 1 unspecified atom stereocenters. The quantitative estimate of drug-likeness (QED) is 0.218. The summed E-state index contributed by atoms with van der Waals surface area (Å²) in [7, 11) is 0. The molecule has 0 spiro atoms. The Morgan fingerprint density at radius 2 is 1.38 bits per heavy atom. The molecular weight excluding hydrogens is 523 g/mol. The zero-order chi connectivity index (χ0) is 26.9. The van der Waals surface area contributed by atoms with Gasteiger partial charge in [-0.1, -0.05) is 108 Å². The lowest BCUT2D eigenvalue weighted by Gasteiger charge is -2.28. The van der Waals surface area contributed by atoms with Gasteiger partial charge in [-0.2, -0.15) is 0 Å². The van der Waals surface area contributed by atoms with E-state index in [1.807, 2.05) is 42.5 Å². The number of carbonyl (C=O) groups is 1. The lowest BCUT2D eigenvalue weighted by molar-refractivity contribution is 0.0697. The Morgan fingerprint density at radius 1 is 0.667 bits per heavy atom. The number of hydrogen-bond donors (Lipinski definition) is 1. The minimum Gasteiger partial charge on any atom is -0.478 e. The number of aromatic carboxylic acids is 1. The Morgan fingerprint density at radius 3 is 2.18 bits per heavy atom. The SMILES string of the molecule is Clc1ccc(C2CCCc3ccc4c(ccc5ccccc54)c32)cc1Cl.O=C(O)c1ccc2ccccc2c1. The maximum atomic E-state index is 10.6. The Balaban J connectivity index is 0.000000179. The molecule has 0 aromatic heterocycles. The summed E-state index contributed by atoms with van der Waals surface area (Å²) in [5, 5.41) is 17.4. The number of carboxylic acids is 1. The summed E-state index contributed by atoms with van der Waals surface area (Å²) in [5.41, 5.74) is 4.53. The molecule has 1 aliphatic rings. The van der Waals surface area contributed by atoms with Crippen LogP contribution in [0.2, 0.25) is 10.0 Å². The van der Waals surface area contributed by atoms with Gasteiger partial charge >= 0.3 is 5.97 Å². The minimum atomic E-state index is -0.884. The van der Waals surface area contributed by atoms with E-state index in [1.165, 1.54) is 44.7 Å². The lowest BCUT2D eigenvalue weighted by Crippen LogP contribution is -2.12. The second-order valence-electron chi connectivity index (χ2n) is 10.0. The zero-order valence-electron chi connectivity index (χ0n) is 21.2. The van der Waals surface area contributed by atoms with Crippen molar-refractivity contribution in [3.05, 3.63) is 141 Å².